The monoisotopic (exact) mass is 533 g/mol. The van der Waals surface area contributed by atoms with Crippen LogP contribution in [0.1, 0.15) is 25.3 Å². The lowest BCUT2D eigenvalue weighted by atomic mass is 10.1. The molecule has 0 aliphatic carbocycles. The molecular formula is C22H26Cl3N3O4S. The summed E-state index contributed by atoms with van der Waals surface area (Å²) >= 11 is 18.1. The highest BCUT2D eigenvalue weighted by atomic mass is 35.5. The van der Waals surface area contributed by atoms with Crippen molar-refractivity contribution < 1.29 is 18.0 Å². The van der Waals surface area contributed by atoms with E-state index in [9.17, 15) is 18.0 Å². The molecule has 0 aliphatic rings. The van der Waals surface area contributed by atoms with Crippen LogP contribution in [0.3, 0.4) is 0 Å². The van der Waals surface area contributed by atoms with Gasteiger partial charge in [-0.1, -0.05) is 46.9 Å². The predicted molar refractivity (Wildman–Crippen MR) is 133 cm³/mol. The van der Waals surface area contributed by atoms with Crippen molar-refractivity contribution in [1.29, 1.82) is 0 Å². The third kappa shape index (κ3) is 7.78. The predicted octanol–water partition coefficient (Wildman–Crippen LogP) is 4.36. The number of likely N-dealkylation sites (N-methyl/N-ethyl adjacent to an activating group) is 1. The van der Waals surface area contributed by atoms with Gasteiger partial charge >= 0.3 is 0 Å². The van der Waals surface area contributed by atoms with Gasteiger partial charge in [0.05, 0.1) is 22.0 Å². The van der Waals surface area contributed by atoms with E-state index in [1.807, 2.05) is 0 Å². The van der Waals surface area contributed by atoms with Gasteiger partial charge in [-0.3, -0.25) is 13.9 Å². The quantitative estimate of drug-likeness (QED) is 0.491. The molecule has 0 fully saturated rings. The molecule has 2 amide bonds. The number of rotatable bonds is 10. The van der Waals surface area contributed by atoms with Gasteiger partial charge in [-0.05, 0) is 49.2 Å². The zero-order valence-corrected chi connectivity index (χ0v) is 21.6. The first kappa shape index (κ1) is 27.2. The number of hydrogen-bond donors (Lipinski definition) is 1. The molecule has 0 heterocycles. The number of halogens is 3. The van der Waals surface area contributed by atoms with Crippen LogP contribution in [0.5, 0.6) is 0 Å². The summed E-state index contributed by atoms with van der Waals surface area (Å²) in [5.41, 5.74) is 1.13. The molecule has 2 rings (SSSR count). The lowest BCUT2D eigenvalue weighted by molar-refractivity contribution is -0.140. The third-order valence-electron chi connectivity index (χ3n) is 5.00. The van der Waals surface area contributed by atoms with Gasteiger partial charge in [0.1, 0.15) is 6.04 Å². The zero-order valence-electron chi connectivity index (χ0n) is 18.5. The lowest BCUT2D eigenvalue weighted by Gasteiger charge is -2.29. The molecule has 0 aliphatic heterocycles. The second kappa shape index (κ2) is 11.9. The van der Waals surface area contributed by atoms with Crippen molar-refractivity contribution in [3.8, 4) is 0 Å². The molecule has 0 aromatic heterocycles. The number of carbonyl (C=O) groups excluding carboxylic acids is 2. The zero-order chi connectivity index (χ0) is 24.8. The SMILES string of the molecule is CNC(=O)C(C)N(Cc1ccc(Cl)c(Cl)c1)C(=O)CCCN(c1cccc(Cl)c1)S(C)(=O)=O. The van der Waals surface area contributed by atoms with Crippen LogP contribution >= 0.6 is 34.8 Å². The Morgan fingerprint density at radius 2 is 1.76 bits per heavy atom. The minimum Gasteiger partial charge on any atom is -0.357 e. The summed E-state index contributed by atoms with van der Waals surface area (Å²) < 4.78 is 25.8. The van der Waals surface area contributed by atoms with E-state index in [4.69, 9.17) is 34.8 Å². The van der Waals surface area contributed by atoms with Gasteiger partial charge in [0.2, 0.25) is 21.8 Å². The number of carbonyl (C=O) groups is 2. The molecule has 1 N–H and O–H groups in total. The van der Waals surface area contributed by atoms with Gasteiger partial charge in [-0.2, -0.15) is 0 Å². The third-order valence-corrected chi connectivity index (χ3v) is 7.17. The summed E-state index contributed by atoms with van der Waals surface area (Å²) in [5.74, 6) is -0.614. The fourth-order valence-corrected chi connectivity index (χ4v) is 4.72. The van der Waals surface area contributed by atoms with Crippen molar-refractivity contribution in [3.05, 3.63) is 63.1 Å². The van der Waals surface area contributed by atoms with Crippen LogP contribution in [-0.2, 0) is 26.2 Å². The van der Waals surface area contributed by atoms with Gasteiger partial charge < -0.3 is 10.2 Å². The van der Waals surface area contributed by atoms with Crippen LogP contribution in [0.15, 0.2) is 42.5 Å². The van der Waals surface area contributed by atoms with Gasteiger partial charge in [-0.15, -0.1) is 0 Å². The summed E-state index contributed by atoms with van der Waals surface area (Å²) in [6, 6.07) is 10.8. The van der Waals surface area contributed by atoms with Crippen molar-refractivity contribution in [1.82, 2.24) is 10.2 Å². The number of benzene rings is 2. The maximum Gasteiger partial charge on any atom is 0.242 e. The molecular weight excluding hydrogens is 509 g/mol. The van der Waals surface area contributed by atoms with Crippen molar-refractivity contribution in [3.63, 3.8) is 0 Å². The maximum absolute atomic E-state index is 13.1. The van der Waals surface area contributed by atoms with E-state index in [-0.39, 0.29) is 37.7 Å². The lowest BCUT2D eigenvalue weighted by Crippen LogP contribution is -2.46. The van der Waals surface area contributed by atoms with Crippen LogP contribution < -0.4 is 9.62 Å². The van der Waals surface area contributed by atoms with E-state index >= 15 is 0 Å². The van der Waals surface area contributed by atoms with E-state index in [0.717, 1.165) is 6.26 Å². The van der Waals surface area contributed by atoms with Gasteiger partial charge in [0, 0.05) is 31.6 Å². The molecule has 1 unspecified atom stereocenters. The van der Waals surface area contributed by atoms with Crippen LogP contribution in [0.2, 0.25) is 15.1 Å². The first-order chi connectivity index (χ1) is 15.4. The molecule has 1 atom stereocenters. The molecule has 7 nitrogen and oxygen atoms in total. The smallest absolute Gasteiger partial charge is 0.242 e. The number of anilines is 1. The topological polar surface area (TPSA) is 86.8 Å². The Morgan fingerprint density at radius 3 is 2.33 bits per heavy atom. The van der Waals surface area contributed by atoms with Crippen LogP contribution in [0, 0.1) is 0 Å². The molecule has 0 radical (unpaired) electrons. The Balaban J connectivity index is 2.16. The molecule has 0 saturated carbocycles. The second-order valence-electron chi connectivity index (χ2n) is 7.48. The van der Waals surface area contributed by atoms with E-state index < -0.39 is 16.1 Å². The average Bonchev–Trinajstić information content (AvgIpc) is 2.75. The van der Waals surface area contributed by atoms with E-state index in [1.165, 1.54) is 16.3 Å². The molecule has 33 heavy (non-hydrogen) atoms. The normalized spacial score (nSPS) is 12.2. The number of nitrogens with zero attached hydrogens (tertiary/aromatic N) is 2. The van der Waals surface area contributed by atoms with E-state index in [0.29, 0.717) is 26.3 Å². The first-order valence-corrected chi connectivity index (χ1v) is 13.1. The Hall–Kier alpha value is -2.00. The Bertz CT molecular complexity index is 1110. The minimum absolute atomic E-state index is 0.0369. The van der Waals surface area contributed by atoms with E-state index in [2.05, 4.69) is 5.32 Å². The maximum atomic E-state index is 13.1. The van der Waals surface area contributed by atoms with Crippen molar-refractivity contribution in [2.45, 2.75) is 32.4 Å². The Morgan fingerprint density at radius 1 is 1.06 bits per heavy atom. The Labute approximate surface area is 209 Å². The molecule has 2 aromatic carbocycles. The number of hydrogen-bond acceptors (Lipinski definition) is 4. The van der Waals surface area contributed by atoms with Crippen LogP contribution in [0.4, 0.5) is 5.69 Å². The first-order valence-electron chi connectivity index (χ1n) is 10.1. The molecule has 2 aromatic rings. The molecule has 0 spiro atoms. The summed E-state index contributed by atoms with van der Waals surface area (Å²) in [5, 5.41) is 3.69. The fraction of sp³-hybridized carbons (Fsp3) is 0.364. The summed E-state index contributed by atoms with van der Waals surface area (Å²) in [6.45, 7) is 1.86. The highest BCUT2D eigenvalue weighted by molar-refractivity contribution is 7.92. The highest BCUT2D eigenvalue weighted by Gasteiger charge is 2.26. The Kier molecular flexibility index (Phi) is 9.84. The highest BCUT2D eigenvalue weighted by Crippen LogP contribution is 2.25. The molecule has 180 valence electrons. The van der Waals surface area contributed by atoms with Crippen LogP contribution in [0.25, 0.3) is 0 Å². The van der Waals surface area contributed by atoms with Gasteiger partial charge in [0.15, 0.2) is 0 Å². The molecule has 11 heteroatoms. The summed E-state index contributed by atoms with van der Waals surface area (Å²) in [7, 11) is -2.09. The van der Waals surface area contributed by atoms with Crippen molar-refractivity contribution in [2.24, 2.45) is 0 Å². The number of nitrogens with one attached hydrogen (secondary N) is 1. The van der Waals surface area contributed by atoms with Crippen LogP contribution in [-0.4, -0.2) is 51.0 Å². The molecule has 0 saturated heterocycles. The number of sulfonamides is 1. The second-order valence-corrected chi connectivity index (χ2v) is 10.6. The van der Waals surface area contributed by atoms with Crippen molar-refractivity contribution >= 4 is 62.3 Å². The van der Waals surface area contributed by atoms with Gasteiger partial charge in [0.25, 0.3) is 0 Å². The minimum atomic E-state index is -3.59. The van der Waals surface area contributed by atoms with Crippen molar-refractivity contribution in [2.75, 3.05) is 24.2 Å². The largest absolute Gasteiger partial charge is 0.357 e. The standard InChI is InChI=1S/C22H26Cl3N3O4S/c1-15(22(30)26-2)27(14-16-9-10-19(24)20(25)12-16)21(29)8-5-11-28(33(3,31)32)18-7-4-6-17(23)13-18/h4,6-7,9-10,12-13,15H,5,8,11,14H2,1-3H3,(H,26,30). The summed E-state index contributed by atoms with van der Waals surface area (Å²) in [4.78, 5) is 26.8. The average molecular weight is 535 g/mol. The fourth-order valence-electron chi connectivity index (χ4n) is 3.26. The van der Waals surface area contributed by atoms with E-state index in [1.54, 1.807) is 49.4 Å². The van der Waals surface area contributed by atoms with Gasteiger partial charge in [-0.25, -0.2) is 8.42 Å². The number of amides is 2. The molecule has 0 bridgehead atoms. The summed E-state index contributed by atoms with van der Waals surface area (Å²) in [6.07, 6.45) is 1.38.